The first-order valence-electron chi connectivity index (χ1n) is 11.2. The van der Waals surface area contributed by atoms with E-state index < -0.39 is 0 Å². The molecule has 162 valence electrons. The van der Waals surface area contributed by atoms with Crippen LogP contribution >= 0.6 is 0 Å². The second-order valence-corrected chi connectivity index (χ2v) is 8.14. The van der Waals surface area contributed by atoms with E-state index in [0.717, 1.165) is 55.1 Å². The van der Waals surface area contributed by atoms with Gasteiger partial charge in [0.2, 0.25) is 0 Å². The van der Waals surface area contributed by atoms with Gasteiger partial charge in [0.1, 0.15) is 0 Å². The van der Waals surface area contributed by atoms with Crippen molar-refractivity contribution < 1.29 is 0 Å². The first-order valence-corrected chi connectivity index (χ1v) is 11.2. The molecule has 0 N–H and O–H groups in total. The maximum Gasteiger partial charge on any atom is 0.156 e. The molecule has 6 aromatic rings. The van der Waals surface area contributed by atoms with Gasteiger partial charge in [0.05, 0.1) is 29.1 Å². The zero-order valence-electron chi connectivity index (χ0n) is 18.6. The number of allylic oxidation sites excluding steroid dienone is 1. The summed E-state index contributed by atoms with van der Waals surface area (Å²) in [5.74, 6) is 0.732. The number of benzene rings is 3. The first-order chi connectivity index (χ1) is 16.8. The molecular formula is C30H22N4. The molecule has 0 atom stereocenters. The molecule has 0 fully saturated rings. The van der Waals surface area contributed by atoms with Gasteiger partial charge >= 0.3 is 0 Å². The molecule has 4 heteroatoms. The third-order valence-corrected chi connectivity index (χ3v) is 6.18. The molecule has 3 aromatic heterocycles. The fourth-order valence-electron chi connectivity index (χ4n) is 4.64. The lowest BCUT2D eigenvalue weighted by Crippen LogP contribution is -2.27. The molecule has 0 bridgehead atoms. The molecule has 3 aromatic carbocycles. The van der Waals surface area contributed by atoms with Gasteiger partial charge in [-0.15, -0.1) is 0 Å². The molecule has 0 aliphatic carbocycles. The maximum atomic E-state index is 4.77. The van der Waals surface area contributed by atoms with Crippen molar-refractivity contribution in [2.24, 2.45) is 0 Å². The Morgan fingerprint density at radius 1 is 0.794 bits per heavy atom. The Labute approximate surface area is 197 Å². The molecular weight excluding hydrogens is 416 g/mol. The molecule has 0 amide bonds. The summed E-state index contributed by atoms with van der Waals surface area (Å²) in [5, 5.41) is 4.16. The standard InChI is InChI=1S/C30H22N4/c1-3-10-25-21(2)34(28-20-31-26(19-32-28)22-11-6-4-7-12-22)27-16-15-23-17-18-33(30(23)29(25)27)24-13-8-5-9-14-24/h3-20H,1-2H2/b25-10+. The van der Waals surface area contributed by atoms with E-state index in [9.17, 15) is 0 Å². The smallest absolute Gasteiger partial charge is 0.156 e. The highest BCUT2D eigenvalue weighted by atomic mass is 15.1. The number of aromatic nitrogens is 4. The number of para-hydroxylation sites is 1. The van der Waals surface area contributed by atoms with Crippen molar-refractivity contribution in [2.45, 2.75) is 0 Å². The van der Waals surface area contributed by atoms with Crippen LogP contribution in [-0.2, 0) is 0 Å². The molecule has 3 heterocycles. The van der Waals surface area contributed by atoms with Crippen LogP contribution in [0.1, 0.15) is 0 Å². The van der Waals surface area contributed by atoms with Gasteiger partial charge in [-0.1, -0.05) is 79.9 Å². The summed E-state index contributed by atoms with van der Waals surface area (Å²) in [7, 11) is 0. The van der Waals surface area contributed by atoms with Crippen molar-refractivity contribution in [2.75, 3.05) is 0 Å². The third-order valence-electron chi connectivity index (χ3n) is 6.18. The van der Waals surface area contributed by atoms with E-state index >= 15 is 0 Å². The minimum absolute atomic E-state index is 0.732. The number of nitrogens with zero attached hydrogens (tertiary/aromatic N) is 4. The van der Waals surface area contributed by atoms with E-state index in [1.54, 1.807) is 0 Å². The minimum atomic E-state index is 0.732. The maximum absolute atomic E-state index is 4.77. The summed E-state index contributed by atoms with van der Waals surface area (Å²) in [6.45, 7) is 8.39. The molecule has 0 aliphatic rings. The Bertz CT molecular complexity index is 1760. The topological polar surface area (TPSA) is 35.6 Å². The molecule has 4 nitrogen and oxygen atoms in total. The van der Waals surface area contributed by atoms with Crippen LogP contribution in [0.25, 0.3) is 57.2 Å². The van der Waals surface area contributed by atoms with E-state index in [1.165, 1.54) is 0 Å². The Hall–Kier alpha value is -4.70. The van der Waals surface area contributed by atoms with E-state index in [2.05, 4.69) is 71.0 Å². The fourth-order valence-corrected chi connectivity index (χ4v) is 4.64. The van der Waals surface area contributed by atoms with Gasteiger partial charge in [-0.2, -0.15) is 0 Å². The molecule has 0 aliphatic heterocycles. The summed E-state index contributed by atoms with van der Waals surface area (Å²) < 4.78 is 4.31. The lowest BCUT2D eigenvalue weighted by atomic mass is 10.1. The molecule has 6 rings (SSSR count). The number of fused-ring (bicyclic) bond motifs is 3. The number of hydrogen-bond acceptors (Lipinski definition) is 2. The second-order valence-electron chi connectivity index (χ2n) is 8.14. The van der Waals surface area contributed by atoms with Gasteiger partial charge in [0.15, 0.2) is 5.82 Å². The van der Waals surface area contributed by atoms with Crippen molar-refractivity contribution >= 4 is 34.5 Å². The van der Waals surface area contributed by atoms with Crippen molar-refractivity contribution in [3.05, 3.63) is 121 Å². The summed E-state index contributed by atoms with van der Waals surface area (Å²) in [4.78, 5) is 9.47. The van der Waals surface area contributed by atoms with Crippen LogP contribution in [0.15, 0.2) is 110 Å². The summed E-state index contributed by atoms with van der Waals surface area (Å²) in [6, 6.07) is 26.9. The van der Waals surface area contributed by atoms with Gasteiger partial charge in [0.25, 0.3) is 0 Å². The van der Waals surface area contributed by atoms with E-state index in [1.807, 2.05) is 60.9 Å². The van der Waals surface area contributed by atoms with Crippen molar-refractivity contribution in [1.29, 1.82) is 0 Å². The van der Waals surface area contributed by atoms with E-state index in [4.69, 9.17) is 9.97 Å². The van der Waals surface area contributed by atoms with Gasteiger partial charge in [-0.3, -0.25) is 9.55 Å². The SMILES string of the molecule is C=C/C=c1\c(=C)n(-c2cnc(-c3ccccc3)cn2)c2ccc3ccn(-c4ccccc4)c3c12. The average Bonchev–Trinajstić information content (AvgIpc) is 3.44. The summed E-state index contributed by atoms with van der Waals surface area (Å²) in [5.41, 5.74) is 5.15. The van der Waals surface area contributed by atoms with Crippen LogP contribution in [0.5, 0.6) is 0 Å². The van der Waals surface area contributed by atoms with Gasteiger partial charge < -0.3 is 4.57 Å². The summed E-state index contributed by atoms with van der Waals surface area (Å²) >= 11 is 0. The first kappa shape index (κ1) is 19.9. The third kappa shape index (κ3) is 3.08. The van der Waals surface area contributed by atoms with Crippen molar-refractivity contribution in [3.63, 3.8) is 0 Å². The van der Waals surface area contributed by atoms with Crippen LogP contribution in [0, 0.1) is 0 Å². The van der Waals surface area contributed by atoms with Crippen molar-refractivity contribution in [1.82, 2.24) is 19.1 Å². The normalized spacial score (nSPS) is 11.9. The lowest BCUT2D eigenvalue weighted by Gasteiger charge is -2.08. The van der Waals surface area contributed by atoms with Crippen molar-refractivity contribution in [3.8, 4) is 22.8 Å². The predicted molar refractivity (Wildman–Crippen MR) is 141 cm³/mol. The summed E-state index contributed by atoms with van der Waals surface area (Å²) in [6.07, 6.45) is 9.58. The lowest BCUT2D eigenvalue weighted by molar-refractivity contribution is 0.984. The zero-order valence-corrected chi connectivity index (χ0v) is 18.6. The quantitative estimate of drug-likeness (QED) is 0.369. The zero-order chi connectivity index (χ0) is 23.1. The van der Waals surface area contributed by atoms with Gasteiger partial charge in [0, 0.05) is 38.8 Å². The molecule has 0 unspecified atom stereocenters. The Balaban J connectivity index is 1.64. The van der Waals surface area contributed by atoms with Crippen LogP contribution < -0.4 is 10.6 Å². The van der Waals surface area contributed by atoms with Gasteiger partial charge in [-0.25, -0.2) is 4.98 Å². The van der Waals surface area contributed by atoms with Crippen LogP contribution in [0.3, 0.4) is 0 Å². The highest BCUT2D eigenvalue weighted by molar-refractivity contribution is 6.07. The highest BCUT2D eigenvalue weighted by Crippen LogP contribution is 2.28. The minimum Gasteiger partial charge on any atom is -0.316 e. The molecule has 0 spiro atoms. The Morgan fingerprint density at radius 2 is 1.56 bits per heavy atom. The van der Waals surface area contributed by atoms with E-state index in [-0.39, 0.29) is 0 Å². The largest absolute Gasteiger partial charge is 0.316 e. The average molecular weight is 439 g/mol. The second kappa shape index (κ2) is 8.01. The van der Waals surface area contributed by atoms with E-state index in [0.29, 0.717) is 0 Å². The van der Waals surface area contributed by atoms with Crippen LogP contribution in [0.4, 0.5) is 0 Å². The van der Waals surface area contributed by atoms with Gasteiger partial charge in [-0.05, 0) is 24.3 Å². The fraction of sp³-hybridized carbons (Fsp3) is 0. The molecule has 34 heavy (non-hydrogen) atoms. The molecule has 0 radical (unpaired) electrons. The molecule has 0 saturated heterocycles. The Kier molecular flexibility index (Phi) is 4.70. The monoisotopic (exact) mass is 438 g/mol. The molecule has 0 saturated carbocycles. The predicted octanol–water partition coefficient (Wildman–Crippen LogP) is 5.41. The highest BCUT2D eigenvalue weighted by Gasteiger charge is 2.16. The van der Waals surface area contributed by atoms with Crippen LogP contribution in [0.2, 0.25) is 0 Å². The number of hydrogen-bond donors (Lipinski definition) is 0. The van der Waals surface area contributed by atoms with Crippen LogP contribution in [-0.4, -0.2) is 19.1 Å². The Morgan fingerprint density at radius 3 is 2.26 bits per heavy atom. The number of rotatable bonds is 4.